The lowest BCUT2D eigenvalue weighted by Crippen LogP contribution is -2.50. The Labute approximate surface area is 206 Å². The van der Waals surface area contributed by atoms with E-state index < -0.39 is 45.0 Å². The van der Waals surface area contributed by atoms with Crippen molar-refractivity contribution in [3.8, 4) is 0 Å². The Hall–Kier alpha value is -3.85. The fourth-order valence-electron chi connectivity index (χ4n) is 3.34. The highest BCUT2D eigenvalue weighted by Gasteiger charge is 2.32. The number of aryl methyl sites for hydroxylation is 1. The molecule has 0 amide bonds. The standard InChI is InChI=1S/C21H30N8O7/c1-20(2,15(30)6-11-26-12-9-22-18(26)28(33)34)24-7-5-8-25-21(3,4)16(31)14-17(32)27-13-10-23-19(27)29(35)36/h9-10,12-13,24-25H,5-8,11,14H2,1-4H3. The average molecular weight is 507 g/mol. The molecule has 15 heteroatoms. The van der Waals surface area contributed by atoms with Crippen LogP contribution in [0.2, 0.25) is 0 Å². The first kappa shape index (κ1) is 28.4. The van der Waals surface area contributed by atoms with Crippen molar-refractivity contribution in [2.45, 2.75) is 64.6 Å². The van der Waals surface area contributed by atoms with Crippen LogP contribution in [0.1, 0.15) is 51.8 Å². The molecule has 0 atom stereocenters. The molecule has 36 heavy (non-hydrogen) atoms. The van der Waals surface area contributed by atoms with Crippen molar-refractivity contribution in [3.05, 3.63) is 45.0 Å². The number of Topliss-reactive ketones (excluding diaryl/α,β-unsaturated/α-hetero) is 2. The van der Waals surface area contributed by atoms with Gasteiger partial charge in [-0.15, -0.1) is 0 Å². The van der Waals surface area contributed by atoms with Gasteiger partial charge in [0.05, 0.1) is 17.6 Å². The van der Waals surface area contributed by atoms with Gasteiger partial charge in [0, 0.05) is 6.42 Å². The third-order valence-electron chi connectivity index (χ3n) is 5.68. The molecule has 2 aromatic heterocycles. The Balaban J connectivity index is 1.76. The largest absolute Gasteiger partial charge is 0.441 e. The number of nitrogens with one attached hydrogen (secondary N) is 2. The summed E-state index contributed by atoms with van der Waals surface area (Å²) in [6.07, 6.45) is 5.12. The molecule has 0 aliphatic heterocycles. The highest BCUT2D eigenvalue weighted by Crippen LogP contribution is 2.14. The summed E-state index contributed by atoms with van der Waals surface area (Å²) in [6, 6.07) is 0. The van der Waals surface area contributed by atoms with E-state index in [-0.39, 0.29) is 24.7 Å². The second-order valence-corrected chi connectivity index (χ2v) is 9.16. The molecule has 2 aromatic rings. The minimum absolute atomic E-state index is 0.0834. The first-order valence-corrected chi connectivity index (χ1v) is 11.2. The lowest BCUT2D eigenvalue weighted by molar-refractivity contribution is -0.396. The van der Waals surface area contributed by atoms with E-state index in [1.807, 2.05) is 0 Å². The van der Waals surface area contributed by atoms with Gasteiger partial charge in [-0.1, -0.05) is 9.97 Å². The first-order chi connectivity index (χ1) is 16.8. The third kappa shape index (κ3) is 7.32. The molecule has 2 N–H and O–H groups in total. The van der Waals surface area contributed by atoms with Crippen LogP contribution in [-0.2, 0) is 16.1 Å². The second kappa shape index (κ2) is 11.7. The summed E-state index contributed by atoms with van der Waals surface area (Å²) in [5.74, 6) is -2.28. The molecule has 0 saturated heterocycles. The van der Waals surface area contributed by atoms with E-state index in [0.29, 0.717) is 19.5 Å². The first-order valence-electron chi connectivity index (χ1n) is 11.2. The predicted molar refractivity (Wildman–Crippen MR) is 126 cm³/mol. The number of nitrogens with zero attached hydrogens (tertiary/aromatic N) is 6. The van der Waals surface area contributed by atoms with Gasteiger partial charge in [-0.25, -0.2) is 4.57 Å². The Kier molecular flexibility index (Phi) is 9.24. The van der Waals surface area contributed by atoms with Crippen molar-refractivity contribution in [2.75, 3.05) is 13.1 Å². The quantitative estimate of drug-likeness (QED) is 0.153. The van der Waals surface area contributed by atoms with Crippen LogP contribution in [0.15, 0.2) is 24.8 Å². The lowest BCUT2D eigenvalue weighted by atomic mass is 9.95. The maximum Gasteiger partial charge on any atom is 0.441 e. The zero-order valence-corrected chi connectivity index (χ0v) is 20.6. The summed E-state index contributed by atoms with van der Waals surface area (Å²) in [6.45, 7) is 7.65. The number of hydrogen-bond donors (Lipinski definition) is 2. The van der Waals surface area contributed by atoms with E-state index >= 15 is 0 Å². The van der Waals surface area contributed by atoms with Crippen LogP contribution >= 0.6 is 0 Å². The maximum atomic E-state index is 12.6. The number of nitro groups is 2. The lowest BCUT2D eigenvalue weighted by Gasteiger charge is -2.27. The van der Waals surface area contributed by atoms with Crippen molar-refractivity contribution in [1.82, 2.24) is 29.7 Å². The SMILES string of the molecule is CC(C)(NCCCNC(C)(C)C(=O)CC(=O)n1ccnc1[N+](=O)[O-])C(=O)CCn1ccnc1[N+](=O)[O-]. The van der Waals surface area contributed by atoms with Gasteiger partial charge in [0.2, 0.25) is 0 Å². The fraction of sp³-hybridized carbons (Fsp3) is 0.571. The van der Waals surface area contributed by atoms with Crippen molar-refractivity contribution in [3.63, 3.8) is 0 Å². The molecule has 0 aliphatic rings. The van der Waals surface area contributed by atoms with E-state index in [1.54, 1.807) is 27.7 Å². The molecule has 0 bridgehead atoms. The van der Waals surface area contributed by atoms with Crippen LogP contribution in [0.4, 0.5) is 11.9 Å². The second-order valence-electron chi connectivity index (χ2n) is 9.16. The van der Waals surface area contributed by atoms with Gasteiger partial charge in [-0.3, -0.25) is 14.4 Å². The number of hydrogen-bond acceptors (Lipinski definition) is 11. The highest BCUT2D eigenvalue weighted by molar-refractivity contribution is 6.03. The fourth-order valence-corrected chi connectivity index (χ4v) is 3.34. The molecule has 0 radical (unpaired) electrons. The van der Waals surface area contributed by atoms with Gasteiger partial charge in [0.25, 0.3) is 5.91 Å². The van der Waals surface area contributed by atoms with Crippen LogP contribution in [0, 0.1) is 20.2 Å². The molecule has 2 rings (SSSR count). The minimum Gasteiger partial charge on any atom is -0.390 e. The number of rotatable bonds is 15. The van der Waals surface area contributed by atoms with Crippen LogP contribution in [-0.4, -0.2) is 70.6 Å². The van der Waals surface area contributed by atoms with Gasteiger partial charge < -0.3 is 30.9 Å². The van der Waals surface area contributed by atoms with E-state index in [2.05, 4.69) is 20.6 Å². The van der Waals surface area contributed by atoms with Gasteiger partial charge in [0.15, 0.2) is 11.6 Å². The molecular weight excluding hydrogens is 476 g/mol. The van der Waals surface area contributed by atoms with Gasteiger partial charge in [0.1, 0.15) is 31.2 Å². The van der Waals surface area contributed by atoms with Gasteiger partial charge in [-0.2, -0.15) is 4.57 Å². The number of carbonyl (C=O) groups excluding carboxylic acids is 3. The minimum atomic E-state index is -1.06. The maximum absolute atomic E-state index is 12.6. The molecule has 196 valence electrons. The smallest absolute Gasteiger partial charge is 0.390 e. The van der Waals surface area contributed by atoms with Gasteiger partial charge >= 0.3 is 11.9 Å². The topological polar surface area (TPSA) is 197 Å². The number of carbonyl (C=O) groups is 3. The normalized spacial score (nSPS) is 11.9. The van der Waals surface area contributed by atoms with Crippen LogP contribution in [0.25, 0.3) is 0 Å². The molecule has 0 spiro atoms. The summed E-state index contributed by atoms with van der Waals surface area (Å²) >= 11 is 0. The van der Waals surface area contributed by atoms with Crippen LogP contribution in [0.5, 0.6) is 0 Å². The van der Waals surface area contributed by atoms with E-state index in [1.165, 1.54) is 17.0 Å². The van der Waals surface area contributed by atoms with E-state index in [0.717, 1.165) is 17.0 Å². The molecule has 15 nitrogen and oxygen atoms in total. The van der Waals surface area contributed by atoms with E-state index in [4.69, 9.17) is 0 Å². The average Bonchev–Trinajstić information content (AvgIpc) is 3.46. The molecule has 0 aromatic carbocycles. The van der Waals surface area contributed by atoms with E-state index in [9.17, 15) is 34.6 Å². The van der Waals surface area contributed by atoms with Gasteiger partial charge in [-0.05, 0) is 57.1 Å². The number of imidazole rings is 2. The monoisotopic (exact) mass is 506 g/mol. The zero-order chi connectivity index (χ0) is 27.1. The van der Waals surface area contributed by atoms with Crippen LogP contribution < -0.4 is 10.6 Å². The number of ketones is 2. The van der Waals surface area contributed by atoms with Crippen LogP contribution in [0.3, 0.4) is 0 Å². The number of aromatic nitrogens is 4. The molecule has 2 heterocycles. The summed E-state index contributed by atoms with van der Waals surface area (Å²) in [4.78, 5) is 65.1. The Morgan fingerprint density at radius 2 is 1.42 bits per heavy atom. The zero-order valence-electron chi connectivity index (χ0n) is 20.6. The predicted octanol–water partition coefficient (Wildman–Crippen LogP) is 1.28. The summed E-state index contributed by atoms with van der Waals surface area (Å²) < 4.78 is 2.05. The molecular formula is C21H30N8O7. The molecule has 0 aliphatic carbocycles. The summed E-state index contributed by atoms with van der Waals surface area (Å²) in [7, 11) is 0. The van der Waals surface area contributed by atoms with Crippen molar-refractivity contribution in [1.29, 1.82) is 0 Å². The Bertz CT molecular complexity index is 1140. The molecule has 0 unspecified atom stereocenters. The molecule has 0 fully saturated rings. The van der Waals surface area contributed by atoms with Crippen molar-refractivity contribution >= 4 is 29.4 Å². The summed E-state index contributed by atoms with van der Waals surface area (Å²) in [5, 5.41) is 28.1. The highest BCUT2D eigenvalue weighted by atomic mass is 16.6. The third-order valence-corrected chi connectivity index (χ3v) is 5.68. The van der Waals surface area contributed by atoms with Crippen molar-refractivity contribution < 1.29 is 24.2 Å². The Morgan fingerprint density at radius 3 is 2.00 bits per heavy atom. The summed E-state index contributed by atoms with van der Waals surface area (Å²) in [5.41, 5.74) is -1.93. The van der Waals surface area contributed by atoms with Crippen molar-refractivity contribution in [2.24, 2.45) is 0 Å². The Morgan fingerprint density at radius 1 is 0.889 bits per heavy atom. The molecule has 0 saturated carbocycles.